The van der Waals surface area contributed by atoms with Gasteiger partial charge in [-0.3, -0.25) is 4.98 Å². The van der Waals surface area contributed by atoms with Gasteiger partial charge in [0.1, 0.15) is 40.3 Å². The van der Waals surface area contributed by atoms with Crippen LogP contribution in [0, 0.1) is 18.3 Å². The largest absolute Gasteiger partial charge is 0.482 e. The Hall–Kier alpha value is -4.46. The fraction of sp³-hybridized carbons (Fsp3) is 0.429. The van der Waals surface area contributed by atoms with Crippen molar-refractivity contribution in [2.75, 3.05) is 13.1 Å². The maximum absolute atomic E-state index is 12.5. The summed E-state index contributed by atoms with van der Waals surface area (Å²) in [6.07, 6.45) is 5.96. The zero-order valence-electron chi connectivity index (χ0n) is 22.8. The van der Waals surface area contributed by atoms with Crippen LogP contribution in [0.25, 0.3) is 16.8 Å². The van der Waals surface area contributed by atoms with Gasteiger partial charge in [-0.05, 0) is 65.7 Å². The molecule has 11 nitrogen and oxygen atoms in total. The third kappa shape index (κ3) is 5.41. The third-order valence-electron chi connectivity index (χ3n) is 6.77. The Morgan fingerprint density at radius 3 is 2.67 bits per heavy atom. The molecule has 11 heteroatoms. The summed E-state index contributed by atoms with van der Waals surface area (Å²) < 4.78 is 15.4. The van der Waals surface area contributed by atoms with Crippen LogP contribution in [0.3, 0.4) is 0 Å². The number of carbonyl (C=O) groups excluding carboxylic acids is 1. The average molecular weight is 529 g/mol. The van der Waals surface area contributed by atoms with Gasteiger partial charge in [-0.1, -0.05) is 11.3 Å². The van der Waals surface area contributed by atoms with Crippen LogP contribution in [0.4, 0.5) is 4.79 Å². The summed E-state index contributed by atoms with van der Waals surface area (Å²) in [5.74, 6) is 0.513. The number of nitriles is 1. The molecular weight excluding hydrogens is 496 g/mol. The number of aromatic nitrogens is 6. The van der Waals surface area contributed by atoms with Gasteiger partial charge in [0.15, 0.2) is 0 Å². The second kappa shape index (κ2) is 10.4. The average Bonchev–Trinajstić information content (AvgIpc) is 3.51. The van der Waals surface area contributed by atoms with Crippen LogP contribution in [0.1, 0.15) is 69.6 Å². The zero-order valence-corrected chi connectivity index (χ0v) is 22.8. The molecule has 1 amide bonds. The Morgan fingerprint density at radius 2 is 2.00 bits per heavy atom. The van der Waals surface area contributed by atoms with Crippen LogP contribution in [0.15, 0.2) is 42.9 Å². The van der Waals surface area contributed by atoms with Gasteiger partial charge in [0.2, 0.25) is 0 Å². The van der Waals surface area contributed by atoms with Crippen molar-refractivity contribution in [2.24, 2.45) is 0 Å². The molecule has 1 saturated heterocycles. The number of likely N-dealkylation sites (tertiary alicyclic amines) is 1. The van der Waals surface area contributed by atoms with Crippen LogP contribution in [-0.4, -0.2) is 59.3 Å². The Kier molecular flexibility index (Phi) is 6.95. The molecule has 4 aromatic rings. The molecule has 1 aliphatic heterocycles. The molecule has 1 unspecified atom stereocenters. The number of pyridine rings is 2. The highest BCUT2D eigenvalue weighted by Gasteiger charge is 2.29. The van der Waals surface area contributed by atoms with Crippen molar-refractivity contribution >= 4 is 11.6 Å². The highest BCUT2D eigenvalue weighted by atomic mass is 16.6. The van der Waals surface area contributed by atoms with Gasteiger partial charge in [0.25, 0.3) is 0 Å². The molecule has 5 rings (SSSR count). The SMILES string of the molecule is Cc1c(-c2cc(OC(C)c3ccccn3)c3c(C#N)cnn3c2)nnn1C1CCN(C(=O)OC(C)(C)C)CC1. The van der Waals surface area contributed by atoms with Gasteiger partial charge in [-0.25, -0.2) is 14.0 Å². The van der Waals surface area contributed by atoms with E-state index in [-0.39, 0.29) is 18.2 Å². The van der Waals surface area contributed by atoms with E-state index in [2.05, 4.69) is 26.5 Å². The van der Waals surface area contributed by atoms with Crippen molar-refractivity contribution in [3.63, 3.8) is 0 Å². The van der Waals surface area contributed by atoms with Gasteiger partial charge in [0.05, 0.1) is 23.6 Å². The standard InChI is InChI=1S/C28H32N8O3/c1-18-25(32-33-36(18)22-9-12-34(13-10-22)27(37)39-28(3,4)5)20-14-24(26-21(15-29)16-31-35(26)17-20)38-19(2)23-8-6-7-11-30-23/h6-8,11,14,16-17,19,22H,9-10,12-13H2,1-5H3. The number of rotatable bonds is 5. The van der Waals surface area contributed by atoms with E-state index in [1.54, 1.807) is 15.6 Å². The Bertz CT molecular complexity index is 1520. The van der Waals surface area contributed by atoms with Crippen molar-refractivity contribution in [3.8, 4) is 23.1 Å². The molecule has 1 aliphatic rings. The van der Waals surface area contributed by atoms with E-state index in [0.717, 1.165) is 29.8 Å². The van der Waals surface area contributed by atoms with Gasteiger partial charge >= 0.3 is 6.09 Å². The minimum atomic E-state index is -0.521. The number of fused-ring (bicyclic) bond motifs is 1. The summed E-state index contributed by atoms with van der Waals surface area (Å²) in [5.41, 5.74) is 3.64. The van der Waals surface area contributed by atoms with Gasteiger partial charge < -0.3 is 14.4 Å². The predicted octanol–water partition coefficient (Wildman–Crippen LogP) is 4.88. The molecular formula is C28H32N8O3. The number of carbonyl (C=O) groups is 1. The maximum Gasteiger partial charge on any atom is 0.410 e. The van der Waals surface area contributed by atoms with Gasteiger partial charge in [-0.15, -0.1) is 5.10 Å². The lowest BCUT2D eigenvalue weighted by atomic mass is 10.0. The van der Waals surface area contributed by atoms with E-state index in [1.807, 2.05) is 69.8 Å². The van der Waals surface area contributed by atoms with Crippen LogP contribution in [-0.2, 0) is 4.74 Å². The Morgan fingerprint density at radius 1 is 1.23 bits per heavy atom. The third-order valence-corrected chi connectivity index (χ3v) is 6.77. The molecule has 0 spiro atoms. The summed E-state index contributed by atoms with van der Waals surface area (Å²) in [5, 5.41) is 23.0. The lowest BCUT2D eigenvalue weighted by Gasteiger charge is -2.33. The topological polar surface area (TPSA) is 123 Å². The quantitative estimate of drug-likeness (QED) is 0.359. The molecule has 1 atom stereocenters. The highest BCUT2D eigenvalue weighted by Crippen LogP contribution is 2.34. The molecule has 0 aromatic carbocycles. The molecule has 202 valence electrons. The second-order valence-corrected chi connectivity index (χ2v) is 10.7. The summed E-state index contributed by atoms with van der Waals surface area (Å²) in [4.78, 5) is 18.6. The van der Waals surface area contributed by atoms with Crippen LogP contribution in [0.2, 0.25) is 0 Å². The first-order chi connectivity index (χ1) is 18.6. The summed E-state index contributed by atoms with van der Waals surface area (Å²) in [6, 6.07) is 9.85. The molecule has 0 bridgehead atoms. The van der Waals surface area contributed by atoms with E-state index >= 15 is 0 Å². The number of hydrogen-bond acceptors (Lipinski definition) is 8. The van der Waals surface area contributed by atoms with Crippen molar-refractivity contribution in [1.82, 2.24) is 34.5 Å². The number of amides is 1. The molecule has 5 heterocycles. The van der Waals surface area contributed by atoms with Crippen molar-refractivity contribution in [2.45, 2.75) is 65.2 Å². The minimum absolute atomic E-state index is 0.114. The molecule has 1 fully saturated rings. The van der Waals surface area contributed by atoms with Gasteiger partial charge in [-0.2, -0.15) is 10.4 Å². The minimum Gasteiger partial charge on any atom is -0.482 e. The second-order valence-electron chi connectivity index (χ2n) is 10.7. The van der Waals surface area contributed by atoms with Crippen LogP contribution < -0.4 is 4.74 Å². The maximum atomic E-state index is 12.5. The van der Waals surface area contributed by atoms with Crippen LogP contribution in [0.5, 0.6) is 5.75 Å². The highest BCUT2D eigenvalue weighted by molar-refractivity contribution is 5.75. The van der Waals surface area contributed by atoms with Crippen molar-refractivity contribution in [3.05, 3.63) is 59.8 Å². The van der Waals surface area contributed by atoms with E-state index in [0.29, 0.717) is 35.6 Å². The summed E-state index contributed by atoms with van der Waals surface area (Å²) >= 11 is 0. The number of ether oxygens (including phenoxy) is 2. The van der Waals surface area contributed by atoms with E-state index in [9.17, 15) is 10.1 Å². The molecule has 39 heavy (non-hydrogen) atoms. The molecule has 0 N–H and O–H groups in total. The molecule has 0 aliphatic carbocycles. The summed E-state index contributed by atoms with van der Waals surface area (Å²) in [6.45, 7) is 10.7. The fourth-order valence-electron chi connectivity index (χ4n) is 4.83. The van der Waals surface area contributed by atoms with Crippen LogP contribution >= 0.6 is 0 Å². The molecule has 4 aromatic heterocycles. The first kappa shape index (κ1) is 26.2. The van der Waals surface area contributed by atoms with Crippen molar-refractivity contribution in [1.29, 1.82) is 5.26 Å². The lowest BCUT2D eigenvalue weighted by molar-refractivity contribution is 0.0184. The monoisotopic (exact) mass is 528 g/mol. The lowest BCUT2D eigenvalue weighted by Crippen LogP contribution is -2.42. The smallest absolute Gasteiger partial charge is 0.410 e. The molecule has 0 radical (unpaired) electrons. The molecule has 0 saturated carbocycles. The van der Waals surface area contributed by atoms with E-state index < -0.39 is 5.60 Å². The predicted molar refractivity (Wildman–Crippen MR) is 143 cm³/mol. The Labute approximate surface area is 227 Å². The number of hydrogen-bond donors (Lipinski definition) is 0. The number of nitrogens with zero attached hydrogens (tertiary/aromatic N) is 8. The normalized spacial score (nSPS) is 15.2. The van der Waals surface area contributed by atoms with E-state index in [4.69, 9.17) is 9.47 Å². The zero-order chi connectivity index (χ0) is 27.7. The first-order valence-electron chi connectivity index (χ1n) is 13.0. The van der Waals surface area contributed by atoms with E-state index in [1.165, 1.54) is 6.20 Å². The van der Waals surface area contributed by atoms with Gasteiger partial charge in [0, 0.05) is 31.0 Å². The number of piperidine rings is 1. The fourth-order valence-corrected chi connectivity index (χ4v) is 4.83. The van der Waals surface area contributed by atoms with Crippen molar-refractivity contribution < 1.29 is 14.3 Å². The first-order valence-corrected chi connectivity index (χ1v) is 13.0. The summed E-state index contributed by atoms with van der Waals surface area (Å²) in [7, 11) is 0. The Balaban J connectivity index is 1.41.